The molecule has 0 fully saturated rings. The Labute approximate surface area is 197 Å². The summed E-state index contributed by atoms with van der Waals surface area (Å²) < 4.78 is 47.4. The second kappa shape index (κ2) is 9.15. The van der Waals surface area contributed by atoms with Gasteiger partial charge in [0, 0.05) is 19.0 Å². The van der Waals surface area contributed by atoms with Gasteiger partial charge in [0.2, 0.25) is 0 Å². The lowest BCUT2D eigenvalue weighted by Crippen LogP contribution is -2.35. The van der Waals surface area contributed by atoms with E-state index in [1.807, 2.05) is 0 Å². The number of methoxy groups -OCH3 is 1. The average molecular weight is 499 g/mol. The summed E-state index contributed by atoms with van der Waals surface area (Å²) in [5, 5.41) is 10.2. The number of amides is 1. The van der Waals surface area contributed by atoms with Gasteiger partial charge < -0.3 is 15.4 Å². The van der Waals surface area contributed by atoms with Crippen molar-refractivity contribution >= 4 is 34.9 Å². The first-order chi connectivity index (χ1) is 15.7. The maximum atomic E-state index is 13.8. The van der Waals surface area contributed by atoms with E-state index in [1.54, 1.807) is 37.4 Å². The topological polar surface area (TPSA) is 68.2 Å². The predicted octanol–water partition coefficient (Wildman–Crippen LogP) is 5.79. The molecule has 2 atom stereocenters. The number of alkyl halides is 3. The molecule has 3 aromatic rings. The standard InChI is InChI=1S/C22H19Cl2F3N4O2/c1-33-14-5-2-12(3-6-14)11-28-21(32)18-10-20-29-17(13-4-7-15(23)16(24)8-13)9-19(22(25,26)27)31(20)30-18/h2-8,10,17,19,29H,9,11H2,1H3,(H,28,32). The molecule has 174 valence electrons. The van der Waals surface area contributed by atoms with Crippen molar-refractivity contribution in [3.8, 4) is 5.75 Å². The number of carbonyl (C=O) groups is 1. The molecule has 1 aromatic heterocycles. The Bertz CT molecular complexity index is 1170. The third kappa shape index (κ3) is 5.04. The number of benzene rings is 2. The first-order valence-corrected chi connectivity index (χ1v) is 10.7. The van der Waals surface area contributed by atoms with E-state index in [4.69, 9.17) is 27.9 Å². The highest BCUT2D eigenvalue weighted by atomic mass is 35.5. The van der Waals surface area contributed by atoms with Gasteiger partial charge in [-0.25, -0.2) is 4.68 Å². The third-order valence-corrected chi connectivity index (χ3v) is 6.12. The molecule has 2 aromatic carbocycles. The predicted molar refractivity (Wildman–Crippen MR) is 119 cm³/mol. The van der Waals surface area contributed by atoms with Crippen LogP contribution in [0.5, 0.6) is 5.75 Å². The van der Waals surface area contributed by atoms with Crippen LogP contribution in [-0.2, 0) is 6.54 Å². The summed E-state index contributed by atoms with van der Waals surface area (Å²) in [6.07, 6.45) is -4.88. The minimum Gasteiger partial charge on any atom is -0.497 e. The lowest BCUT2D eigenvalue weighted by Gasteiger charge is -2.33. The van der Waals surface area contributed by atoms with E-state index < -0.39 is 24.2 Å². The molecule has 4 rings (SSSR count). The molecule has 0 saturated heterocycles. The van der Waals surface area contributed by atoms with Crippen molar-refractivity contribution < 1.29 is 22.7 Å². The Hall–Kier alpha value is -2.91. The number of hydrogen-bond donors (Lipinski definition) is 2. The van der Waals surface area contributed by atoms with Crippen molar-refractivity contribution in [1.29, 1.82) is 0 Å². The van der Waals surface area contributed by atoms with Crippen LogP contribution in [-0.4, -0.2) is 29.0 Å². The minimum absolute atomic E-state index is 0.0919. The van der Waals surface area contributed by atoms with Crippen LogP contribution in [0.2, 0.25) is 10.0 Å². The highest BCUT2D eigenvalue weighted by molar-refractivity contribution is 6.42. The summed E-state index contributed by atoms with van der Waals surface area (Å²) in [4.78, 5) is 12.6. The molecule has 1 amide bonds. The number of carbonyl (C=O) groups excluding carboxylic acids is 1. The number of anilines is 1. The number of ether oxygens (including phenoxy) is 1. The SMILES string of the molecule is COc1ccc(CNC(=O)c2cc3n(n2)C(C(F)(F)F)CC(c2ccc(Cl)c(Cl)c2)N3)cc1. The number of aromatic nitrogens is 2. The molecule has 0 saturated carbocycles. The van der Waals surface area contributed by atoms with E-state index in [-0.39, 0.29) is 29.5 Å². The van der Waals surface area contributed by atoms with Gasteiger partial charge >= 0.3 is 6.18 Å². The average Bonchev–Trinajstić information content (AvgIpc) is 3.22. The van der Waals surface area contributed by atoms with Crippen molar-refractivity contribution in [1.82, 2.24) is 15.1 Å². The monoisotopic (exact) mass is 498 g/mol. The van der Waals surface area contributed by atoms with Crippen LogP contribution >= 0.6 is 23.2 Å². The summed E-state index contributed by atoms with van der Waals surface area (Å²) in [5.41, 5.74) is 1.24. The molecule has 1 aliphatic heterocycles. The maximum Gasteiger partial charge on any atom is 0.410 e. The Morgan fingerprint density at radius 3 is 2.55 bits per heavy atom. The highest BCUT2D eigenvalue weighted by Crippen LogP contribution is 2.44. The van der Waals surface area contributed by atoms with Crippen molar-refractivity contribution in [2.75, 3.05) is 12.4 Å². The zero-order chi connectivity index (χ0) is 23.8. The van der Waals surface area contributed by atoms with Gasteiger partial charge in [0.1, 0.15) is 11.6 Å². The zero-order valence-electron chi connectivity index (χ0n) is 17.3. The summed E-state index contributed by atoms with van der Waals surface area (Å²) in [6, 6.07) is 10.5. The van der Waals surface area contributed by atoms with E-state index in [1.165, 1.54) is 18.2 Å². The van der Waals surface area contributed by atoms with Crippen molar-refractivity contribution in [2.24, 2.45) is 0 Å². The van der Waals surface area contributed by atoms with Crippen molar-refractivity contribution in [3.05, 3.63) is 75.4 Å². The van der Waals surface area contributed by atoms with E-state index >= 15 is 0 Å². The first-order valence-electron chi connectivity index (χ1n) is 9.94. The number of fused-ring (bicyclic) bond motifs is 1. The number of halogens is 5. The highest BCUT2D eigenvalue weighted by Gasteiger charge is 2.46. The lowest BCUT2D eigenvalue weighted by atomic mass is 9.97. The Kier molecular flexibility index (Phi) is 6.45. The largest absolute Gasteiger partial charge is 0.497 e. The van der Waals surface area contributed by atoms with Gasteiger partial charge in [0.15, 0.2) is 11.7 Å². The van der Waals surface area contributed by atoms with Crippen LogP contribution in [0.25, 0.3) is 0 Å². The molecular weight excluding hydrogens is 480 g/mol. The second-order valence-electron chi connectivity index (χ2n) is 7.55. The molecule has 2 N–H and O–H groups in total. The Balaban J connectivity index is 1.55. The number of nitrogens with one attached hydrogen (secondary N) is 2. The van der Waals surface area contributed by atoms with E-state index in [2.05, 4.69) is 15.7 Å². The minimum atomic E-state index is -4.56. The summed E-state index contributed by atoms with van der Waals surface area (Å²) >= 11 is 12.0. The van der Waals surface area contributed by atoms with Crippen LogP contribution in [0.15, 0.2) is 48.5 Å². The molecule has 2 unspecified atom stereocenters. The van der Waals surface area contributed by atoms with Crippen LogP contribution in [0, 0.1) is 0 Å². The number of hydrogen-bond acceptors (Lipinski definition) is 4. The van der Waals surface area contributed by atoms with Crippen LogP contribution in [0.1, 0.15) is 40.1 Å². The first kappa shape index (κ1) is 23.3. The summed E-state index contributed by atoms with van der Waals surface area (Å²) in [6.45, 7) is 0.188. The van der Waals surface area contributed by atoms with Crippen molar-refractivity contribution in [3.63, 3.8) is 0 Å². The molecule has 0 radical (unpaired) electrons. The molecule has 1 aliphatic rings. The third-order valence-electron chi connectivity index (χ3n) is 5.38. The molecule has 6 nitrogen and oxygen atoms in total. The summed E-state index contributed by atoms with van der Waals surface area (Å²) in [5.74, 6) is 0.184. The maximum absolute atomic E-state index is 13.8. The van der Waals surface area contributed by atoms with Gasteiger partial charge in [-0.3, -0.25) is 4.79 Å². The molecule has 33 heavy (non-hydrogen) atoms. The van der Waals surface area contributed by atoms with Gasteiger partial charge in [0.25, 0.3) is 5.91 Å². The van der Waals surface area contributed by atoms with E-state index in [9.17, 15) is 18.0 Å². The van der Waals surface area contributed by atoms with Crippen molar-refractivity contribution in [2.45, 2.75) is 31.2 Å². The molecule has 2 heterocycles. The fourth-order valence-electron chi connectivity index (χ4n) is 3.65. The van der Waals surface area contributed by atoms with Gasteiger partial charge in [-0.05, 0) is 35.4 Å². The van der Waals surface area contributed by atoms with Crippen LogP contribution < -0.4 is 15.4 Å². The Morgan fingerprint density at radius 1 is 1.18 bits per heavy atom. The van der Waals surface area contributed by atoms with Gasteiger partial charge in [-0.1, -0.05) is 41.4 Å². The van der Waals surface area contributed by atoms with Crippen LogP contribution in [0.3, 0.4) is 0 Å². The van der Waals surface area contributed by atoms with Gasteiger partial charge in [0.05, 0.1) is 23.2 Å². The van der Waals surface area contributed by atoms with E-state index in [0.29, 0.717) is 16.3 Å². The van der Waals surface area contributed by atoms with E-state index in [0.717, 1.165) is 10.2 Å². The zero-order valence-corrected chi connectivity index (χ0v) is 18.8. The molecule has 0 spiro atoms. The lowest BCUT2D eigenvalue weighted by molar-refractivity contribution is -0.173. The van der Waals surface area contributed by atoms with Gasteiger partial charge in [-0.15, -0.1) is 0 Å². The molecule has 11 heteroatoms. The molecular formula is C22H19Cl2F3N4O2. The van der Waals surface area contributed by atoms with Gasteiger partial charge in [-0.2, -0.15) is 18.3 Å². The fraction of sp³-hybridized carbons (Fsp3) is 0.273. The molecule has 0 bridgehead atoms. The quantitative estimate of drug-likeness (QED) is 0.467. The normalized spacial score (nSPS) is 17.8. The summed E-state index contributed by atoms with van der Waals surface area (Å²) in [7, 11) is 1.55. The number of rotatable bonds is 5. The Morgan fingerprint density at radius 2 is 1.91 bits per heavy atom. The number of nitrogens with zero attached hydrogens (tertiary/aromatic N) is 2. The van der Waals surface area contributed by atoms with Crippen LogP contribution in [0.4, 0.5) is 19.0 Å². The molecule has 0 aliphatic carbocycles. The fourth-order valence-corrected chi connectivity index (χ4v) is 3.95. The smallest absolute Gasteiger partial charge is 0.410 e. The second-order valence-corrected chi connectivity index (χ2v) is 8.37.